The monoisotopic (exact) mass is 236 g/mol. The third-order valence-corrected chi connectivity index (χ3v) is 3.55. The summed E-state index contributed by atoms with van der Waals surface area (Å²) in [5.74, 6) is 1.16. The first-order valence-corrected chi connectivity index (χ1v) is 6.39. The van der Waals surface area contributed by atoms with E-state index in [1.807, 2.05) is 6.20 Å². The lowest BCUT2D eigenvalue weighted by atomic mass is 9.81. The maximum absolute atomic E-state index is 6.18. The van der Waals surface area contributed by atoms with Gasteiger partial charge in [-0.2, -0.15) is 0 Å². The molecular formula is C13H24N4. The molecule has 0 radical (unpaired) electrons. The standard InChI is InChI=1S/C13H24N4/c1-10(14)12(13(2,3)4)17-8-7-16-6-5-15-11(16)9-17/h5-6,10,12H,7-9,14H2,1-4H3. The molecule has 0 amide bonds. The molecule has 1 aromatic heterocycles. The number of nitrogens with two attached hydrogens (primary N) is 1. The van der Waals surface area contributed by atoms with E-state index in [1.165, 1.54) is 0 Å². The van der Waals surface area contributed by atoms with Crippen molar-refractivity contribution in [2.45, 2.75) is 52.9 Å². The van der Waals surface area contributed by atoms with Crippen LogP contribution in [0.5, 0.6) is 0 Å². The summed E-state index contributed by atoms with van der Waals surface area (Å²) < 4.78 is 2.23. The molecule has 1 aliphatic rings. The van der Waals surface area contributed by atoms with E-state index in [2.05, 4.69) is 48.3 Å². The summed E-state index contributed by atoms with van der Waals surface area (Å²) in [5.41, 5.74) is 6.38. The van der Waals surface area contributed by atoms with Crippen LogP contribution < -0.4 is 5.73 Å². The highest BCUT2D eigenvalue weighted by Crippen LogP contribution is 2.28. The van der Waals surface area contributed by atoms with E-state index in [9.17, 15) is 0 Å². The molecule has 17 heavy (non-hydrogen) atoms. The predicted molar refractivity (Wildman–Crippen MR) is 69.5 cm³/mol. The van der Waals surface area contributed by atoms with Crippen molar-refractivity contribution in [3.05, 3.63) is 18.2 Å². The van der Waals surface area contributed by atoms with Crippen molar-refractivity contribution in [3.63, 3.8) is 0 Å². The van der Waals surface area contributed by atoms with Crippen LogP contribution in [-0.2, 0) is 13.1 Å². The second-order valence-corrected chi connectivity index (χ2v) is 6.18. The number of hydrogen-bond donors (Lipinski definition) is 1. The molecule has 0 fully saturated rings. The molecule has 2 unspecified atom stereocenters. The molecule has 2 N–H and O–H groups in total. The molecule has 2 rings (SSSR count). The lowest BCUT2D eigenvalue weighted by Gasteiger charge is -2.44. The van der Waals surface area contributed by atoms with Gasteiger partial charge in [0.25, 0.3) is 0 Å². The van der Waals surface area contributed by atoms with Crippen molar-refractivity contribution in [2.24, 2.45) is 11.1 Å². The molecule has 0 aromatic carbocycles. The average Bonchev–Trinajstić information content (AvgIpc) is 2.61. The van der Waals surface area contributed by atoms with Gasteiger partial charge in [-0.05, 0) is 12.3 Å². The topological polar surface area (TPSA) is 47.1 Å². The minimum absolute atomic E-state index is 0.177. The number of rotatable bonds is 2. The first-order valence-electron chi connectivity index (χ1n) is 6.39. The summed E-state index contributed by atoms with van der Waals surface area (Å²) in [4.78, 5) is 6.89. The Morgan fingerprint density at radius 2 is 2.06 bits per heavy atom. The molecule has 4 heteroatoms. The van der Waals surface area contributed by atoms with Gasteiger partial charge in [0.15, 0.2) is 0 Å². The van der Waals surface area contributed by atoms with Gasteiger partial charge in [-0.1, -0.05) is 20.8 Å². The fourth-order valence-electron chi connectivity index (χ4n) is 3.10. The molecule has 4 nitrogen and oxygen atoms in total. The average molecular weight is 236 g/mol. The molecule has 0 aliphatic carbocycles. The Hall–Kier alpha value is -0.870. The van der Waals surface area contributed by atoms with Crippen LogP contribution in [0.3, 0.4) is 0 Å². The molecule has 96 valence electrons. The SMILES string of the molecule is CC(N)C(N1CCn2ccnc2C1)C(C)(C)C. The molecular weight excluding hydrogens is 212 g/mol. The van der Waals surface area contributed by atoms with E-state index in [4.69, 9.17) is 5.73 Å². The van der Waals surface area contributed by atoms with E-state index < -0.39 is 0 Å². The van der Waals surface area contributed by atoms with E-state index in [0.29, 0.717) is 6.04 Å². The highest BCUT2D eigenvalue weighted by molar-refractivity contribution is 4.99. The van der Waals surface area contributed by atoms with Crippen LogP contribution in [0.15, 0.2) is 12.4 Å². The lowest BCUT2D eigenvalue weighted by molar-refractivity contribution is 0.0574. The van der Waals surface area contributed by atoms with Gasteiger partial charge < -0.3 is 10.3 Å². The van der Waals surface area contributed by atoms with Crippen molar-refractivity contribution in [3.8, 4) is 0 Å². The van der Waals surface area contributed by atoms with Crippen molar-refractivity contribution in [1.82, 2.24) is 14.5 Å². The van der Waals surface area contributed by atoms with E-state index in [0.717, 1.165) is 25.5 Å². The molecule has 0 saturated heterocycles. The summed E-state index contributed by atoms with van der Waals surface area (Å²) in [6.45, 7) is 11.9. The Kier molecular flexibility index (Phi) is 3.27. The van der Waals surface area contributed by atoms with Crippen molar-refractivity contribution in [1.29, 1.82) is 0 Å². The zero-order valence-corrected chi connectivity index (χ0v) is 11.3. The van der Waals surface area contributed by atoms with E-state index in [1.54, 1.807) is 0 Å². The Morgan fingerprint density at radius 1 is 1.35 bits per heavy atom. The Labute approximate surface area is 104 Å². The van der Waals surface area contributed by atoms with Gasteiger partial charge in [-0.25, -0.2) is 4.98 Å². The van der Waals surface area contributed by atoms with Gasteiger partial charge in [0.05, 0.1) is 6.54 Å². The van der Waals surface area contributed by atoms with Crippen LogP contribution in [0, 0.1) is 5.41 Å². The minimum atomic E-state index is 0.177. The number of fused-ring (bicyclic) bond motifs is 1. The van der Waals surface area contributed by atoms with Crippen LogP contribution >= 0.6 is 0 Å². The molecule has 2 atom stereocenters. The summed E-state index contributed by atoms with van der Waals surface area (Å²) in [6, 6.07) is 0.574. The van der Waals surface area contributed by atoms with Crippen LogP contribution in [0.4, 0.5) is 0 Å². The van der Waals surface area contributed by atoms with Gasteiger partial charge in [0, 0.05) is 37.6 Å². The largest absolute Gasteiger partial charge is 0.333 e. The Balaban J connectivity index is 2.18. The van der Waals surface area contributed by atoms with Crippen LogP contribution in [0.25, 0.3) is 0 Å². The fraction of sp³-hybridized carbons (Fsp3) is 0.769. The normalized spacial score (nSPS) is 21.0. The van der Waals surface area contributed by atoms with Crippen LogP contribution in [0.1, 0.15) is 33.5 Å². The molecule has 2 heterocycles. The molecule has 0 spiro atoms. The van der Waals surface area contributed by atoms with Gasteiger partial charge in [0.1, 0.15) is 5.82 Å². The number of aromatic nitrogens is 2. The molecule has 0 bridgehead atoms. The number of nitrogens with zero attached hydrogens (tertiary/aromatic N) is 3. The summed E-state index contributed by atoms with van der Waals surface area (Å²) in [5, 5.41) is 0. The molecule has 0 saturated carbocycles. The molecule has 1 aromatic rings. The summed E-state index contributed by atoms with van der Waals surface area (Å²) in [6.07, 6.45) is 3.95. The van der Waals surface area contributed by atoms with Crippen LogP contribution in [-0.4, -0.2) is 33.1 Å². The van der Waals surface area contributed by atoms with Gasteiger partial charge >= 0.3 is 0 Å². The third-order valence-electron chi connectivity index (χ3n) is 3.55. The lowest BCUT2D eigenvalue weighted by Crippen LogP contribution is -2.55. The summed E-state index contributed by atoms with van der Waals surface area (Å²) in [7, 11) is 0. The third kappa shape index (κ3) is 2.53. The fourth-order valence-corrected chi connectivity index (χ4v) is 3.10. The van der Waals surface area contributed by atoms with Crippen molar-refractivity contribution in [2.75, 3.05) is 6.54 Å². The minimum Gasteiger partial charge on any atom is -0.333 e. The first kappa shape index (κ1) is 12.6. The Morgan fingerprint density at radius 3 is 2.65 bits per heavy atom. The smallest absolute Gasteiger partial charge is 0.122 e. The zero-order valence-electron chi connectivity index (χ0n) is 11.3. The highest BCUT2D eigenvalue weighted by atomic mass is 15.3. The Bertz CT molecular complexity index is 375. The highest BCUT2D eigenvalue weighted by Gasteiger charge is 2.35. The number of imidazole rings is 1. The van der Waals surface area contributed by atoms with Gasteiger partial charge in [-0.15, -0.1) is 0 Å². The second-order valence-electron chi connectivity index (χ2n) is 6.18. The van der Waals surface area contributed by atoms with Crippen LogP contribution in [0.2, 0.25) is 0 Å². The summed E-state index contributed by atoms with van der Waals surface area (Å²) >= 11 is 0. The van der Waals surface area contributed by atoms with Gasteiger partial charge in [-0.3, -0.25) is 4.90 Å². The quantitative estimate of drug-likeness (QED) is 0.845. The first-order chi connectivity index (χ1) is 7.89. The number of hydrogen-bond acceptors (Lipinski definition) is 3. The van der Waals surface area contributed by atoms with E-state index in [-0.39, 0.29) is 11.5 Å². The maximum Gasteiger partial charge on any atom is 0.122 e. The maximum atomic E-state index is 6.18. The van der Waals surface area contributed by atoms with Crippen molar-refractivity contribution >= 4 is 0 Å². The van der Waals surface area contributed by atoms with E-state index >= 15 is 0 Å². The second kappa shape index (κ2) is 4.42. The zero-order chi connectivity index (χ0) is 12.6. The predicted octanol–water partition coefficient (Wildman–Crippen LogP) is 1.46. The molecule has 1 aliphatic heterocycles. The van der Waals surface area contributed by atoms with Crippen molar-refractivity contribution < 1.29 is 0 Å². The van der Waals surface area contributed by atoms with Gasteiger partial charge in [0.2, 0.25) is 0 Å².